The fraction of sp³-hybridized carbons (Fsp3) is 0.250. The van der Waals surface area contributed by atoms with Crippen LogP contribution in [0, 0.1) is 0 Å². The van der Waals surface area contributed by atoms with Crippen LogP contribution in [-0.2, 0) is 6.54 Å². The van der Waals surface area contributed by atoms with E-state index in [-0.39, 0.29) is 12.1 Å². The molecule has 20 heavy (non-hydrogen) atoms. The molecule has 0 radical (unpaired) electrons. The summed E-state index contributed by atoms with van der Waals surface area (Å²) in [6.45, 7) is 0.929. The number of hydrogen-bond donors (Lipinski definition) is 3. The minimum atomic E-state index is 0.232. The summed E-state index contributed by atoms with van der Waals surface area (Å²) in [4.78, 5) is 2.32. The number of anilines is 1. The molecule has 0 aliphatic carbocycles. The Labute approximate surface area is 118 Å². The van der Waals surface area contributed by atoms with Crippen molar-refractivity contribution in [2.75, 3.05) is 11.9 Å². The summed E-state index contributed by atoms with van der Waals surface area (Å²) in [6, 6.07) is 17.8. The van der Waals surface area contributed by atoms with Crippen molar-refractivity contribution in [3.05, 3.63) is 65.2 Å². The third-order valence-electron chi connectivity index (χ3n) is 4.27. The Hall–Kier alpha value is -1.88. The van der Waals surface area contributed by atoms with Crippen molar-refractivity contribution in [3.8, 4) is 0 Å². The van der Waals surface area contributed by atoms with E-state index < -0.39 is 0 Å². The molecule has 0 bridgehead atoms. The van der Waals surface area contributed by atoms with Gasteiger partial charge < -0.3 is 4.90 Å². The van der Waals surface area contributed by atoms with E-state index in [9.17, 15) is 0 Å². The summed E-state index contributed by atoms with van der Waals surface area (Å²) in [6.07, 6.45) is 0. The first kappa shape index (κ1) is 11.9. The first-order valence-electron chi connectivity index (χ1n) is 6.98. The van der Waals surface area contributed by atoms with Gasteiger partial charge in [0, 0.05) is 19.3 Å². The fourth-order valence-corrected chi connectivity index (χ4v) is 3.30. The number of fused-ring (bicyclic) bond motifs is 5. The van der Waals surface area contributed by atoms with Crippen LogP contribution < -0.4 is 21.3 Å². The van der Waals surface area contributed by atoms with E-state index in [0.29, 0.717) is 0 Å². The molecule has 4 rings (SSSR count). The molecule has 4 nitrogen and oxygen atoms in total. The molecule has 4 heteroatoms. The summed E-state index contributed by atoms with van der Waals surface area (Å²) in [5.41, 5.74) is 15.2. The number of nitrogens with zero attached hydrogens (tertiary/aromatic N) is 1. The van der Waals surface area contributed by atoms with Gasteiger partial charge in [-0.15, -0.1) is 0 Å². The first-order chi connectivity index (χ1) is 9.84. The number of para-hydroxylation sites is 1. The molecule has 1 saturated heterocycles. The maximum absolute atomic E-state index is 3.36. The summed E-state index contributed by atoms with van der Waals surface area (Å²) in [5.74, 6) is 0. The van der Waals surface area contributed by atoms with E-state index in [0.717, 1.165) is 6.54 Å². The van der Waals surface area contributed by atoms with E-state index in [4.69, 9.17) is 0 Å². The number of rotatable bonds is 0. The quantitative estimate of drug-likeness (QED) is 0.682. The van der Waals surface area contributed by atoms with Gasteiger partial charge in [-0.25, -0.2) is 10.9 Å². The molecular formula is C16H18N4. The van der Waals surface area contributed by atoms with Crippen LogP contribution in [0.15, 0.2) is 48.5 Å². The minimum Gasteiger partial charge on any atom is -0.370 e. The SMILES string of the molecule is CN1Cc2ccccc2C2NNNC2c2ccccc21. The number of nitrogens with one attached hydrogen (secondary N) is 3. The molecule has 3 N–H and O–H groups in total. The highest BCUT2D eigenvalue weighted by molar-refractivity contribution is 5.57. The van der Waals surface area contributed by atoms with E-state index >= 15 is 0 Å². The van der Waals surface area contributed by atoms with Crippen molar-refractivity contribution in [3.63, 3.8) is 0 Å². The standard InChI is InChI=1S/C16H18N4/c1-20-10-11-6-2-3-7-12(11)15-16(18-19-17-15)13-8-4-5-9-14(13)20/h2-9,15-19H,10H2,1H3. The Balaban J connectivity index is 1.91. The molecule has 2 aliphatic heterocycles. The second-order valence-electron chi connectivity index (χ2n) is 5.48. The zero-order chi connectivity index (χ0) is 13.5. The molecule has 0 saturated carbocycles. The van der Waals surface area contributed by atoms with Gasteiger partial charge in [-0.3, -0.25) is 0 Å². The molecule has 2 atom stereocenters. The number of hydrogen-bond acceptors (Lipinski definition) is 4. The van der Waals surface area contributed by atoms with Gasteiger partial charge in [0.15, 0.2) is 0 Å². The molecule has 102 valence electrons. The highest BCUT2D eigenvalue weighted by atomic mass is 15.7. The summed E-state index contributed by atoms with van der Waals surface area (Å²) < 4.78 is 0. The number of hydrazine groups is 2. The van der Waals surface area contributed by atoms with Crippen molar-refractivity contribution in [1.29, 1.82) is 0 Å². The smallest absolute Gasteiger partial charge is 0.0704 e. The highest BCUT2D eigenvalue weighted by Crippen LogP contribution is 2.39. The van der Waals surface area contributed by atoms with Gasteiger partial charge >= 0.3 is 0 Å². The molecule has 0 amide bonds. The third-order valence-corrected chi connectivity index (χ3v) is 4.27. The third kappa shape index (κ3) is 1.73. The van der Waals surface area contributed by atoms with Crippen molar-refractivity contribution >= 4 is 5.69 Å². The van der Waals surface area contributed by atoms with Crippen molar-refractivity contribution in [2.24, 2.45) is 0 Å². The van der Waals surface area contributed by atoms with Crippen LogP contribution in [0.2, 0.25) is 0 Å². The molecule has 2 aliphatic rings. The summed E-state index contributed by atoms with van der Waals surface area (Å²) in [7, 11) is 2.16. The topological polar surface area (TPSA) is 39.3 Å². The molecule has 0 spiro atoms. The second kappa shape index (κ2) is 4.59. The van der Waals surface area contributed by atoms with Crippen LogP contribution in [-0.4, -0.2) is 7.05 Å². The predicted molar refractivity (Wildman–Crippen MR) is 79.9 cm³/mol. The lowest BCUT2D eigenvalue weighted by Crippen LogP contribution is -2.31. The van der Waals surface area contributed by atoms with Gasteiger partial charge in [-0.05, 0) is 22.8 Å². The van der Waals surface area contributed by atoms with E-state index in [1.807, 2.05) is 0 Å². The van der Waals surface area contributed by atoms with Crippen LogP contribution in [0.5, 0.6) is 0 Å². The molecule has 2 heterocycles. The molecular weight excluding hydrogens is 248 g/mol. The van der Waals surface area contributed by atoms with Gasteiger partial charge in [-0.2, -0.15) is 5.53 Å². The monoisotopic (exact) mass is 266 g/mol. The Morgan fingerprint density at radius 3 is 2.40 bits per heavy atom. The Bertz CT molecular complexity index is 640. The normalized spacial score (nSPS) is 24.4. The Morgan fingerprint density at radius 1 is 0.900 bits per heavy atom. The van der Waals surface area contributed by atoms with Crippen LogP contribution in [0.1, 0.15) is 28.8 Å². The van der Waals surface area contributed by atoms with E-state index in [1.54, 1.807) is 0 Å². The van der Waals surface area contributed by atoms with Gasteiger partial charge in [0.05, 0.1) is 12.1 Å². The molecule has 2 aromatic rings. The Kier molecular flexibility index (Phi) is 2.73. The van der Waals surface area contributed by atoms with Crippen molar-refractivity contribution in [2.45, 2.75) is 18.6 Å². The minimum absolute atomic E-state index is 0.232. The Morgan fingerprint density at radius 2 is 1.55 bits per heavy atom. The van der Waals surface area contributed by atoms with Crippen LogP contribution >= 0.6 is 0 Å². The zero-order valence-corrected chi connectivity index (χ0v) is 11.4. The maximum atomic E-state index is 3.36. The average molecular weight is 266 g/mol. The van der Waals surface area contributed by atoms with Gasteiger partial charge in [-0.1, -0.05) is 42.5 Å². The predicted octanol–water partition coefficient (Wildman–Crippen LogP) is 2.03. The first-order valence-corrected chi connectivity index (χ1v) is 6.98. The molecule has 2 unspecified atom stereocenters. The van der Waals surface area contributed by atoms with Crippen LogP contribution in [0.3, 0.4) is 0 Å². The van der Waals surface area contributed by atoms with E-state index in [2.05, 4.69) is 76.9 Å². The summed E-state index contributed by atoms with van der Waals surface area (Å²) >= 11 is 0. The maximum Gasteiger partial charge on any atom is 0.0704 e. The van der Waals surface area contributed by atoms with Gasteiger partial charge in [0.25, 0.3) is 0 Å². The average Bonchev–Trinajstić information content (AvgIpc) is 2.95. The van der Waals surface area contributed by atoms with Gasteiger partial charge in [0.2, 0.25) is 0 Å². The fourth-order valence-electron chi connectivity index (χ4n) is 3.30. The zero-order valence-electron chi connectivity index (χ0n) is 11.4. The van der Waals surface area contributed by atoms with Crippen LogP contribution in [0.4, 0.5) is 5.69 Å². The molecule has 0 aromatic heterocycles. The van der Waals surface area contributed by atoms with Crippen LogP contribution in [0.25, 0.3) is 0 Å². The largest absolute Gasteiger partial charge is 0.370 e. The molecule has 1 fully saturated rings. The lowest BCUT2D eigenvalue weighted by atomic mass is 9.88. The lowest BCUT2D eigenvalue weighted by Gasteiger charge is -2.32. The second-order valence-corrected chi connectivity index (χ2v) is 5.48. The lowest BCUT2D eigenvalue weighted by molar-refractivity contribution is 0.542. The summed E-state index contributed by atoms with van der Waals surface area (Å²) in [5, 5.41) is 0. The highest BCUT2D eigenvalue weighted by Gasteiger charge is 2.34. The van der Waals surface area contributed by atoms with Gasteiger partial charge in [0.1, 0.15) is 0 Å². The van der Waals surface area contributed by atoms with Crippen molar-refractivity contribution in [1.82, 2.24) is 16.4 Å². The van der Waals surface area contributed by atoms with Crippen molar-refractivity contribution < 1.29 is 0 Å². The molecule has 2 aromatic carbocycles. The van der Waals surface area contributed by atoms with E-state index in [1.165, 1.54) is 22.4 Å². The number of benzene rings is 2.